The Morgan fingerprint density at radius 3 is 2.36 bits per heavy atom. The minimum absolute atomic E-state index is 0.160. The zero-order valence-corrected chi connectivity index (χ0v) is 14.4. The molecule has 0 unspecified atom stereocenters. The number of rotatable bonds is 2. The zero-order chi connectivity index (χ0) is 16.3. The predicted octanol–water partition coefficient (Wildman–Crippen LogP) is 4.74. The largest absolute Gasteiger partial charge is 0.331 e. The summed E-state index contributed by atoms with van der Waals surface area (Å²) in [5.41, 5.74) is 3.13. The van der Waals surface area contributed by atoms with Crippen molar-refractivity contribution in [3.8, 4) is 0 Å². The SMILES string of the molecule is Cc1cc(C)cc(C(=O)NC(=S)Nc2cccc(Cl)c2Cl)c1. The first-order chi connectivity index (χ1) is 10.4. The molecule has 22 heavy (non-hydrogen) atoms. The van der Waals surface area contributed by atoms with Gasteiger partial charge in [-0.05, 0) is 50.3 Å². The second kappa shape index (κ2) is 7.09. The molecule has 2 aromatic carbocycles. The van der Waals surface area contributed by atoms with Crippen LogP contribution in [-0.2, 0) is 0 Å². The van der Waals surface area contributed by atoms with Crippen molar-refractivity contribution >= 4 is 52.1 Å². The van der Waals surface area contributed by atoms with E-state index in [0.717, 1.165) is 11.1 Å². The molecule has 0 radical (unpaired) electrons. The van der Waals surface area contributed by atoms with Crippen LogP contribution in [0.5, 0.6) is 0 Å². The maximum absolute atomic E-state index is 12.2. The Bertz CT molecular complexity index is 727. The van der Waals surface area contributed by atoms with E-state index in [1.807, 2.05) is 19.9 Å². The van der Waals surface area contributed by atoms with E-state index in [-0.39, 0.29) is 11.0 Å². The summed E-state index contributed by atoms with van der Waals surface area (Å²) in [7, 11) is 0. The molecular formula is C16H14Cl2N2OS. The Balaban J connectivity index is 2.08. The molecule has 0 spiro atoms. The van der Waals surface area contributed by atoms with Crippen LogP contribution in [-0.4, -0.2) is 11.0 Å². The molecule has 2 rings (SSSR count). The minimum atomic E-state index is -0.276. The molecule has 0 atom stereocenters. The van der Waals surface area contributed by atoms with Crippen molar-refractivity contribution < 1.29 is 4.79 Å². The Morgan fingerprint density at radius 2 is 1.73 bits per heavy atom. The molecule has 1 amide bonds. The average Bonchev–Trinajstić information content (AvgIpc) is 2.42. The number of carbonyl (C=O) groups is 1. The third kappa shape index (κ3) is 4.19. The normalized spacial score (nSPS) is 10.2. The maximum Gasteiger partial charge on any atom is 0.257 e. The van der Waals surface area contributed by atoms with Crippen LogP contribution in [0.1, 0.15) is 21.5 Å². The van der Waals surface area contributed by atoms with Crippen molar-refractivity contribution in [2.45, 2.75) is 13.8 Å². The number of hydrogen-bond donors (Lipinski definition) is 2. The van der Waals surface area contributed by atoms with Crippen LogP contribution in [0.4, 0.5) is 5.69 Å². The molecule has 2 aromatic rings. The van der Waals surface area contributed by atoms with Crippen molar-refractivity contribution in [1.29, 1.82) is 0 Å². The van der Waals surface area contributed by atoms with E-state index in [4.69, 9.17) is 35.4 Å². The van der Waals surface area contributed by atoms with Gasteiger partial charge >= 0.3 is 0 Å². The van der Waals surface area contributed by atoms with Gasteiger partial charge < -0.3 is 5.32 Å². The number of nitrogens with one attached hydrogen (secondary N) is 2. The van der Waals surface area contributed by atoms with Gasteiger partial charge in [0.1, 0.15) is 0 Å². The summed E-state index contributed by atoms with van der Waals surface area (Å²) in [5, 5.41) is 6.42. The molecule has 6 heteroatoms. The van der Waals surface area contributed by atoms with Crippen molar-refractivity contribution in [3.63, 3.8) is 0 Å². The summed E-state index contributed by atoms with van der Waals surface area (Å²) >= 11 is 17.1. The van der Waals surface area contributed by atoms with Gasteiger partial charge in [0.2, 0.25) is 0 Å². The highest BCUT2D eigenvalue weighted by Gasteiger charge is 2.11. The van der Waals surface area contributed by atoms with Gasteiger partial charge in [-0.15, -0.1) is 0 Å². The van der Waals surface area contributed by atoms with E-state index in [1.54, 1.807) is 30.3 Å². The first-order valence-corrected chi connectivity index (χ1v) is 7.68. The molecule has 0 fully saturated rings. The van der Waals surface area contributed by atoms with E-state index in [9.17, 15) is 4.79 Å². The highest BCUT2D eigenvalue weighted by Crippen LogP contribution is 2.29. The standard InChI is InChI=1S/C16H14Cl2N2OS/c1-9-6-10(2)8-11(7-9)15(21)20-16(22)19-13-5-3-4-12(17)14(13)18/h3-8H,1-2H3,(H2,19,20,21,22). The Hall–Kier alpha value is -1.62. The predicted molar refractivity (Wildman–Crippen MR) is 96.1 cm³/mol. The van der Waals surface area contributed by atoms with Gasteiger partial charge in [0, 0.05) is 5.56 Å². The fraction of sp³-hybridized carbons (Fsp3) is 0.125. The number of benzene rings is 2. The topological polar surface area (TPSA) is 41.1 Å². The fourth-order valence-corrected chi connectivity index (χ4v) is 2.59. The van der Waals surface area contributed by atoms with E-state index < -0.39 is 0 Å². The van der Waals surface area contributed by atoms with E-state index in [2.05, 4.69) is 10.6 Å². The van der Waals surface area contributed by atoms with Crippen LogP contribution >= 0.6 is 35.4 Å². The van der Waals surface area contributed by atoms with E-state index in [1.165, 1.54) is 0 Å². The molecule has 0 saturated heterocycles. The third-order valence-corrected chi connectivity index (χ3v) is 3.93. The average molecular weight is 353 g/mol. The number of hydrogen-bond acceptors (Lipinski definition) is 2. The van der Waals surface area contributed by atoms with Crippen LogP contribution in [0.2, 0.25) is 10.0 Å². The molecule has 0 heterocycles. The van der Waals surface area contributed by atoms with Crippen molar-refractivity contribution in [2.75, 3.05) is 5.32 Å². The van der Waals surface area contributed by atoms with Gasteiger partial charge in [0.15, 0.2) is 5.11 Å². The molecule has 3 nitrogen and oxygen atoms in total. The summed E-state index contributed by atoms with van der Waals surface area (Å²) in [5.74, 6) is -0.276. The minimum Gasteiger partial charge on any atom is -0.331 e. The fourth-order valence-electron chi connectivity index (χ4n) is 2.03. The van der Waals surface area contributed by atoms with Crippen molar-refractivity contribution in [3.05, 3.63) is 63.1 Å². The van der Waals surface area contributed by atoms with Crippen molar-refractivity contribution in [2.24, 2.45) is 0 Å². The Morgan fingerprint density at radius 1 is 1.09 bits per heavy atom. The number of anilines is 1. The van der Waals surface area contributed by atoms with Gasteiger partial charge in [0.05, 0.1) is 15.7 Å². The first kappa shape index (κ1) is 16.7. The van der Waals surface area contributed by atoms with Gasteiger partial charge in [-0.3, -0.25) is 10.1 Å². The van der Waals surface area contributed by atoms with Gasteiger partial charge in [-0.1, -0.05) is 46.5 Å². The molecule has 0 bridgehead atoms. The van der Waals surface area contributed by atoms with E-state index >= 15 is 0 Å². The number of thiocarbonyl (C=S) groups is 1. The summed E-state index contributed by atoms with van der Waals surface area (Å²) in [4.78, 5) is 12.2. The lowest BCUT2D eigenvalue weighted by Crippen LogP contribution is -2.34. The second-order valence-electron chi connectivity index (χ2n) is 4.89. The molecular weight excluding hydrogens is 339 g/mol. The van der Waals surface area contributed by atoms with Crippen LogP contribution in [0, 0.1) is 13.8 Å². The Kier molecular flexibility index (Phi) is 5.40. The maximum atomic E-state index is 12.2. The third-order valence-electron chi connectivity index (χ3n) is 2.91. The Labute approximate surface area is 144 Å². The van der Waals surface area contributed by atoms with Crippen LogP contribution in [0.25, 0.3) is 0 Å². The van der Waals surface area contributed by atoms with Gasteiger partial charge in [0.25, 0.3) is 5.91 Å². The summed E-state index contributed by atoms with van der Waals surface area (Å²) < 4.78 is 0. The highest BCUT2D eigenvalue weighted by atomic mass is 35.5. The molecule has 0 aliphatic rings. The molecule has 0 aromatic heterocycles. The quantitative estimate of drug-likeness (QED) is 0.767. The molecule has 0 saturated carbocycles. The summed E-state index contributed by atoms with van der Waals surface area (Å²) in [6.07, 6.45) is 0. The lowest BCUT2D eigenvalue weighted by molar-refractivity contribution is 0.0977. The second-order valence-corrected chi connectivity index (χ2v) is 6.08. The number of amides is 1. The van der Waals surface area contributed by atoms with Crippen LogP contribution in [0.15, 0.2) is 36.4 Å². The molecule has 114 valence electrons. The molecule has 0 aliphatic heterocycles. The van der Waals surface area contributed by atoms with Crippen molar-refractivity contribution in [1.82, 2.24) is 5.32 Å². The molecule has 2 N–H and O–H groups in total. The highest BCUT2D eigenvalue weighted by molar-refractivity contribution is 7.80. The smallest absolute Gasteiger partial charge is 0.257 e. The lowest BCUT2D eigenvalue weighted by atomic mass is 10.1. The molecule has 0 aliphatic carbocycles. The number of carbonyl (C=O) groups excluding carboxylic acids is 1. The summed E-state index contributed by atoms with van der Waals surface area (Å²) in [6.45, 7) is 3.87. The lowest BCUT2D eigenvalue weighted by Gasteiger charge is -2.12. The first-order valence-electron chi connectivity index (χ1n) is 6.51. The number of aryl methyl sites for hydroxylation is 2. The van der Waals surface area contributed by atoms with E-state index in [0.29, 0.717) is 21.3 Å². The van der Waals surface area contributed by atoms with Crippen LogP contribution < -0.4 is 10.6 Å². The van der Waals surface area contributed by atoms with Gasteiger partial charge in [-0.2, -0.15) is 0 Å². The summed E-state index contributed by atoms with van der Waals surface area (Å²) in [6, 6.07) is 10.7. The zero-order valence-electron chi connectivity index (χ0n) is 12.0. The monoisotopic (exact) mass is 352 g/mol. The van der Waals surface area contributed by atoms with Crippen LogP contribution in [0.3, 0.4) is 0 Å². The van der Waals surface area contributed by atoms with Gasteiger partial charge in [-0.25, -0.2) is 0 Å². The number of halogens is 2.